The van der Waals surface area contributed by atoms with Crippen LogP contribution in [0.15, 0.2) is 0 Å². The maximum atomic E-state index is 5.72. The quantitative estimate of drug-likeness (QED) is 0.126. The van der Waals surface area contributed by atoms with E-state index in [0.29, 0.717) is 39.6 Å². The molecule has 3 aliphatic carbocycles. The van der Waals surface area contributed by atoms with Crippen LogP contribution in [0.4, 0.5) is 0 Å². The van der Waals surface area contributed by atoms with E-state index in [9.17, 15) is 0 Å². The van der Waals surface area contributed by atoms with Gasteiger partial charge in [-0.15, -0.1) is 24.2 Å². The summed E-state index contributed by atoms with van der Waals surface area (Å²) in [6.07, 6.45) is 28.6. The monoisotopic (exact) mass is 690 g/mol. The van der Waals surface area contributed by atoms with Crippen molar-refractivity contribution in [2.45, 2.75) is 157 Å². The molecule has 0 unspecified atom stereocenters. The van der Waals surface area contributed by atoms with Crippen LogP contribution in [0, 0.1) is 53.0 Å². The highest BCUT2D eigenvalue weighted by Gasteiger charge is 2.40. The Morgan fingerprint density at radius 3 is 0.915 bits per heavy atom. The molecule has 0 amide bonds. The lowest BCUT2D eigenvalue weighted by Crippen LogP contribution is -2.45. The largest absolute Gasteiger partial charge is 0.591 e. The molecule has 0 atom stereocenters. The van der Waals surface area contributed by atoms with Gasteiger partial charge in [0.05, 0.1) is 0 Å². The zero-order valence-electron chi connectivity index (χ0n) is 31.2. The summed E-state index contributed by atoms with van der Waals surface area (Å²) >= 11 is 0. The third kappa shape index (κ3) is 20.2. The lowest BCUT2D eigenvalue weighted by molar-refractivity contribution is 0.0862. The molecule has 0 saturated heterocycles. The van der Waals surface area contributed by atoms with Crippen LogP contribution in [0.2, 0.25) is 0 Å². The van der Waals surface area contributed by atoms with Crippen molar-refractivity contribution in [2.24, 2.45) is 17.8 Å². The van der Waals surface area contributed by atoms with Crippen molar-refractivity contribution in [2.75, 3.05) is 39.6 Å². The normalized spacial score (nSPS) is 17.8. The fourth-order valence-electron chi connectivity index (χ4n) is 6.55. The highest BCUT2D eigenvalue weighted by atomic mass is 28.4. The molecular weight excluding hydrogens is 621 g/mol. The van der Waals surface area contributed by atoms with E-state index >= 15 is 0 Å². The fraction of sp³-hybridized carbons (Fsp3) is 0.846. The van der Waals surface area contributed by atoms with Crippen LogP contribution in [-0.4, -0.2) is 57.3 Å². The molecule has 270 valence electrons. The molecule has 0 bridgehead atoms. The van der Waals surface area contributed by atoms with E-state index in [2.05, 4.69) is 28.8 Å². The van der Waals surface area contributed by atoms with E-state index in [4.69, 9.17) is 33.0 Å². The van der Waals surface area contributed by atoms with Gasteiger partial charge in [-0.25, -0.2) is 0 Å². The number of terminal acetylenes is 1. The fourth-order valence-corrected chi connectivity index (χ4v) is 10.4. The van der Waals surface area contributed by atoms with Crippen molar-refractivity contribution in [3.63, 3.8) is 0 Å². The first-order valence-corrected chi connectivity index (χ1v) is 22.7. The lowest BCUT2D eigenvalue weighted by Gasteiger charge is -2.23. The average Bonchev–Trinajstić information content (AvgIpc) is 3.08. The number of hydrogen-bond acceptors (Lipinski definition) is 6. The molecule has 3 aliphatic rings. The van der Waals surface area contributed by atoms with Crippen molar-refractivity contribution in [3.05, 3.63) is 0 Å². The summed E-state index contributed by atoms with van der Waals surface area (Å²) in [6.45, 7) is 15.3. The molecule has 47 heavy (non-hydrogen) atoms. The summed E-state index contributed by atoms with van der Waals surface area (Å²) < 4.78 is 34.3. The first kappa shape index (κ1) is 43.9. The molecule has 0 N–H and O–H groups in total. The lowest BCUT2D eigenvalue weighted by atomic mass is 9.87. The van der Waals surface area contributed by atoms with E-state index in [0.717, 1.165) is 37.0 Å². The highest BCUT2D eigenvalue weighted by molar-refractivity contribution is 6.70. The topological polar surface area (TPSA) is 55.4 Å². The second kappa shape index (κ2) is 28.7. The predicted molar refractivity (Wildman–Crippen MR) is 199 cm³/mol. The Kier molecular flexibility index (Phi) is 26.8. The highest BCUT2D eigenvalue weighted by Crippen LogP contribution is 2.27. The van der Waals surface area contributed by atoms with Crippen LogP contribution in [0.1, 0.15) is 157 Å². The Morgan fingerprint density at radius 1 is 0.426 bits per heavy atom. The molecular formula is C39H70O6Si2. The minimum atomic E-state index is -2.74. The summed E-state index contributed by atoms with van der Waals surface area (Å²) in [7, 11) is -5.48. The van der Waals surface area contributed by atoms with E-state index in [1.165, 1.54) is 96.3 Å². The first-order valence-electron chi connectivity index (χ1n) is 19.2. The van der Waals surface area contributed by atoms with Crippen LogP contribution < -0.4 is 0 Å². The van der Waals surface area contributed by atoms with E-state index in [-0.39, 0.29) is 0 Å². The minimum Gasteiger partial charge on any atom is -0.364 e. The second-order valence-electron chi connectivity index (χ2n) is 12.6. The zero-order valence-corrected chi connectivity index (χ0v) is 33.2. The van der Waals surface area contributed by atoms with Crippen molar-refractivity contribution in [3.8, 4) is 35.3 Å². The van der Waals surface area contributed by atoms with Crippen molar-refractivity contribution < 1.29 is 26.6 Å². The Balaban J connectivity index is 0.000000375. The van der Waals surface area contributed by atoms with Gasteiger partial charge in [0.15, 0.2) is 0 Å². The van der Waals surface area contributed by atoms with Gasteiger partial charge < -0.3 is 26.6 Å². The Hall–Kier alpha value is -1.13. The van der Waals surface area contributed by atoms with Gasteiger partial charge >= 0.3 is 17.6 Å². The van der Waals surface area contributed by atoms with Crippen LogP contribution in [0.5, 0.6) is 0 Å². The summed E-state index contributed by atoms with van der Waals surface area (Å²) in [6, 6.07) is 0. The van der Waals surface area contributed by atoms with Crippen molar-refractivity contribution in [1.29, 1.82) is 0 Å². The Bertz CT molecular complexity index is 818. The predicted octanol–water partition coefficient (Wildman–Crippen LogP) is 9.69. The molecule has 0 radical (unpaired) electrons. The van der Waals surface area contributed by atoms with Gasteiger partial charge in [-0.1, -0.05) is 57.8 Å². The maximum absolute atomic E-state index is 5.72. The molecule has 0 aliphatic heterocycles. The minimum absolute atomic E-state index is 0.588. The van der Waals surface area contributed by atoms with Gasteiger partial charge in [-0.2, -0.15) is 0 Å². The summed E-state index contributed by atoms with van der Waals surface area (Å²) in [5, 5.41) is 0. The standard InChI is InChI=1S/2C15H28O3Si.C9H14/c2*1-4-16-19(17-5-2,18-6-3)14-10-13-15-11-8-7-9-12-15;1-2-6-9-7-4-3-5-8-9/h2*15H,4-9,11-13H2,1-3H3;1,9H,3-8H2. The molecule has 3 rings (SSSR count). The molecule has 3 fully saturated rings. The molecule has 3 saturated carbocycles. The van der Waals surface area contributed by atoms with Crippen molar-refractivity contribution >= 4 is 17.6 Å². The third-order valence-corrected chi connectivity index (χ3v) is 13.8. The molecule has 0 aromatic heterocycles. The number of hydrogen-bond donors (Lipinski definition) is 0. The molecule has 0 heterocycles. The molecule has 6 nitrogen and oxygen atoms in total. The van der Waals surface area contributed by atoms with Gasteiger partial charge in [0.25, 0.3) is 0 Å². The summed E-state index contributed by atoms with van der Waals surface area (Å²) in [5.74, 6) is 11.7. The second-order valence-corrected chi connectivity index (χ2v) is 17.1. The molecule has 0 spiro atoms. The molecule has 0 aromatic carbocycles. The summed E-state index contributed by atoms with van der Waals surface area (Å²) in [5.41, 5.74) is 6.41. The van der Waals surface area contributed by atoms with Crippen LogP contribution in [-0.2, 0) is 26.6 Å². The van der Waals surface area contributed by atoms with Gasteiger partial charge in [-0.3, -0.25) is 0 Å². The smallest absolute Gasteiger partial charge is 0.364 e. The number of rotatable bonds is 15. The van der Waals surface area contributed by atoms with E-state index < -0.39 is 17.6 Å². The average molecular weight is 691 g/mol. The van der Waals surface area contributed by atoms with Crippen molar-refractivity contribution in [1.82, 2.24) is 0 Å². The Labute approximate surface area is 293 Å². The molecule has 8 heteroatoms. The van der Waals surface area contributed by atoms with Crippen LogP contribution in [0.25, 0.3) is 0 Å². The van der Waals surface area contributed by atoms with Gasteiger partial charge in [0.1, 0.15) is 0 Å². The third-order valence-electron chi connectivity index (χ3n) is 8.85. The summed E-state index contributed by atoms with van der Waals surface area (Å²) in [4.78, 5) is 0. The van der Waals surface area contributed by atoms with Gasteiger partial charge in [0, 0.05) is 58.9 Å². The van der Waals surface area contributed by atoms with E-state index in [1.54, 1.807) is 0 Å². The molecule has 0 aromatic rings. The Morgan fingerprint density at radius 2 is 0.681 bits per heavy atom. The van der Waals surface area contributed by atoms with Gasteiger partial charge in [0.2, 0.25) is 0 Å². The van der Waals surface area contributed by atoms with E-state index in [1.807, 2.05) is 41.5 Å². The van der Waals surface area contributed by atoms with Crippen LogP contribution in [0.3, 0.4) is 0 Å². The zero-order chi connectivity index (χ0) is 34.5. The van der Waals surface area contributed by atoms with Crippen LogP contribution >= 0.6 is 0 Å². The first-order chi connectivity index (χ1) is 23.0. The maximum Gasteiger partial charge on any atom is 0.591 e. The van der Waals surface area contributed by atoms with Gasteiger partial charge in [-0.05, 0) is 109 Å². The SMILES string of the molecule is C#CCC1CCCCC1.CCO[Si](C#CCC1CCCCC1)(OCC)OCC.CCO[Si](C#CCC1CCCCC1)(OCC)OCC.